The Kier molecular flexibility index (Phi) is 5.14. The molecule has 1 spiro atoms. The molecule has 2 aliphatic rings. The Morgan fingerprint density at radius 2 is 1.94 bits per heavy atom. The summed E-state index contributed by atoms with van der Waals surface area (Å²) >= 11 is 1.65. The van der Waals surface area contributed by atoms with E-state index >= 15 is 0 Å². The van der Waals surface area contributed by atoms with Gasteiger partial charge in [-0.1, -0.05) is 6.07 Å². The first-order valence-electron chi connectivity index (χ1n) is 10.5. The van der Waals surface area contributed by atoms with Crippen LogP contribution in [0.1, 0.15) is 31.4 Å². The molecule has 5 rings (SSSR count). The van der Waals surface area contributed by atoms with Crippen LogP contribution in [0.15, 0.2) is 41.0 Å². The normalized spacial score (nSPS) is 21.6. The summed E-state index contributed by atoms with van der Waals surface area (Å²) < 4.78 is 20.7. The highest BCUT2D eigenvalue weighted by atomic mass is 32.2. The number of nitrogens with one attached hydrogen (secondary N) is 2. The van der Waals surface area contributed by atoms with E-state index in [9.17, 15) is 9.00 Å². The molecule has 2 amide bonds. The lowest BCUT2D eigenvalue weighted by Crippen LogP contribution is -2.52. The molecule has 0 radical (unpaired) electrons. The molecule has 4 heterocycles. The Morgan fingerprint density at radius 3 is 2.62 bits per heavy atom. The second-order valence-electron chi connectivity index (χ2n) is 8.65. The molecule has 9 nitrogen and oxygen atoms in total. The third-order valence-corrected chi connectivity index (χ3v) is 8.44. The quantitative estimate of drug-likeness (QED) is 0.604. The molecule has 2 atom stereocenters. The van der Waals surface area contributed by atoms with Gasteiger partial charge in [0.05, 0.1) is 42.4 Å². The first-order valence-corrected chi connectivity index (χ1v) is 13.3. The molecule has 168 valence electrons. The third-order valence-electron chi connectivity index (χ3n) is 6.52. The molecular formula is C21H25N7O2S2. The Hall–Kier alpha value is -2.63. The number of hydrogen-bond donors (Lipinski definition) is 2. The van der Waals surface area contributed by atoms with Crippen LogP contribution in [0.4, 0.5) is 10.7 Å². The van der Waals surface area contributed by atoms with E-state index in [2.05, 4.69) is 50.3 Å². The predicted molar refractivity (Wildman–Crippen MR) is 125 cm³/mol. The fourth-order valence-corrected chi connectivity index (χ4v) is 5.65. The number of urea groups is 1. The molecule has 2 aliphatic heterocycles. The van der Waals surface area contributed by atoms with Crippen LogP contribution in [0.25, 0.3) is 10.2 Å². The van der Waals surface area contributed by atoms with E-state index in [0.29, 0.717) is 6.54 Å². The summed E-state index contributed by atoms with van der Waals surface area (Å²) in [6.45, 7) is 4.47. The molecule has 0 bridgehead atoms. The minimum atomic E-state index is -2.88. The van der Waals surface area contributed by atoms with Gasteiger partial charge in [0.25, 0.3) is 0 Å². The molecule has 11 heteroatoms. The second-order valence-corrected chi connectivity index (χ2v) is 11.7. The molecule has 2 N–H and O–H groups in total. The van der Waals surface area contributed by atoms with Crippen LogP contribution < -0.4 is 10.2 Å². The molecular weight excluding hydrogens is 446 g/mol. The summed E-state index contributed by atoms with van der Waals surface area (Å²) in [5.74, 6) is 0.277. The van der Waals surface area contributed by atoms with Crippen molar-refractivity contribution < 1.29 is 9.00 Å². The molecule has 2 fully saturated rings. The standard InChI is InChI=1S/C21H25N7O2S2/c1-14(15-3-4-18-17(9-15)25-13-31-18)27-7-5-21(6-8-27)12-28(20(29)26-21)19-23-10-16(11-24-19)32(2,22)30/h3-4,9-11,13-14,22H,5-8,12H2,1-2H3,(H,26,29)/t14-,32?/m0/s1. The predicted octanol–water partition coefficient (Wildman–Crippen LogP) is 3.25. The number of rotatable bonds is 4. The molecule has 32 heavy (non-hydrogen) atoms. The molecule has 2 saturated heterocycles. The van der Waals surface area contributed by atoms with Crippen molar-refractivity contribution in [1.29, 1.82) is 4.78 Å². The van der Waals surface area contributed by atoms with Crippen LogP contribution in [0.2, 0.25) is 0 Å². The van der Waals surface area contributed by atoms with Crippen molar-refractivity contribution in [2.24, 2.45) is 0 Å². The fourth-order valence-electron chi connectivity index (χ4n) is 4.49. The molecule has 2 aromatic heterocycles. The third kappa shape index (κ3) is 3.84. The number of fused-ring (bicyclic) bond motifs is 1. The monoisotopic (exact) mass is 471 g/mol. The number of piperidine rings is 1. The topological polar surface area (TPSA) is 115 Å². The summed E-state index contributed by atoms with van der Waals surface area (Å²) in [6.07, 6.45) is 5.75. The van der Waals surface area contributed by atoms with Crippen LogP contribution in [0.3, 0.4) is 0 Å². The maximum absolute atomic E-state index is 12.7. The summed E-state index contributed by atoms with van der Waals surface area (Å²) in [6, 6.07) is 6.56. The van der Waals surface area contributed by atoms with E-state index in [1.807, 2.05) is 5.51 Å². The second kappa shape index (κ2) is 7.75. The van der Waals surface area contributed by atoms with Crippen molar-refractivity contribution in [3.8, 4) is 0 Å². The van der Waals surface area contributed by atoms with E-state index in [1.165, 1.54) is 28.9 Å². The van der Waals surface area contributed by atoms with Gasteiger partial charge in [0.15, 0.2) is 0 Å². The highest BCUT2D eigenvalue weighted by molar-refractivity contribution is 7.91. The number of carbonyl (C=O) groups excluding carboxylic acids is 1. The van der Waals surface area contributed by atoms with Gasteiger partial charge in [0, 0.05) is 37.8 Å². The highest BCUT2D eigenvalue weighted by Crippen LogP contribution is 2.34. The average Bonchev–Trinajstić information content (AvgIpc) is 3.37. The summed E-state index contributed by atoms with van der Waals surface area (Å²) in [4.78, 5) is 29.8. The molecule has 1 aromatic carbocycles. The molecule has 0 saturated carbocycles. The van der Waals surface area contributed by atoms with Gasteiger partial charge in [-0.15, -0.1) is 11.3 Å². The molecule has 1 unspecified atom stereocenters. The first kappa shape index (κ1) is 21.2. The van der Waals surface area contributed by atoms with Crippen LogP contribution in [0, 0.1) is 4.78 Å². The highest BCUT2D eigenvalue weighted by Gasteiger charge is 2.46. The van der Waals surface area contributed by atoms with Gasteiger partial charge in [-0.05, 0) is 37.5 Å². The number of carbonyl (C=O) groups is 1. The van der Waals surface area contributed by atoms with Gasteiger partial charge in [-0.2, -0.15) is 0 Å². The summed E-state index contributed by atoms with van der Waals surface area (Å²) in [5, 5.41) is 3.16. The lowest BCUT2D eigenvalue weighted by Gasteiger charge is -2.41. The van der Waals surface area contributed by atoms with E-state index in [4.69, 9.17) is 4.78 Å². The maximum Gasteiger partial charge on any atom is 0.324 e. The number of aromatic nitrogens is 3. The average molecular weight is 472 g/mol. The van der Waals surface area contributed by atoms with Crippen LogP contribution in [-0.4, -0.2) is 61.5 Å². The lowest BCUT2D eigenvalue weighted by atomic mass is 9.87. The molecule has 3 aromatic rings. The van der Waals surface area contributed by atoms with E-state index in [1.54, 1.807) is 16.2 Å². The van der Waals surface area contributed by atoms with Gasteiger partial charge < -0.3 is 5.32 Å². The van der Waals surface area contributed by atoms with Crippen molar-refractivity contribution in [3.63, 3.8) is 0 Å². The number of likely N-dealkylation sites (tertiary alicyclic amines) is 1. The van der Waals surface area contributed by atoms with E-state index in [0.717, 1.165) is 31.4 Å². The largest absolute Gasteiger partial charge is 0.330 e. The van der Waals surface area contributed by atoms with Gasteiger partial charge in [0.1, 0.15) is 0 Å². The summed E-state index contributed by atoms with van der Waals surface area (Å²) in [7, 11) is -2.88. The number of amides is 2. The van der Waals surface area contributed by atoms with Gasteiger partial charge >= 0.3 is 6.03 Å². The first-order chi connectivity index (χ1) is 15.2. The smallest absolute Gasteiger partial charge is 0.324 e. The van der Waals surface area contributed by atoms with Crippen molar-refractivity contribution in [2.45, 2.75) is 36.2 Å². The SMILES string of the molecule is C[C@@H](c1ccc2scnc2c1)N1CCC2(CC1)CN(c1ncc(S(C)(=N)=O)cn1)C(=O)N2. The number of thiazole rings is 1. The minimum Gasteiger partial charge on any atom is -0.330 e. The Balaban J connectivity index is 1.26. The Labute approximate surface area is 190 Å². The number of hydrogen-bond acceptors (Lipinski definition) is 8. The van der Waals surface area contributed by atoms with Gasteiger partial charge in [-0.3, -0.25) is 9.80 Å². The zero-order valence-electron chi connectivity index (χ0n) is 17.9. The van der Waals surface area contributed by atoms with Crippen LogP contribution in [-0.2, 0) is 9.73 Å². The Bertz CT molecular complexity index is 1260. The zero-order valence-corrected chi connectivity index (χ0v) is 19.6. The fraction of sp³-hybridized carbons (Fsp3) is 0.429. The number of nitrogens with zero attached hydrogens (tertiary/aromatic N) is 5. The zero-order chi connectivity index (χ0) is 22.5. The number of benzene rings is 1. The lowest BCUT2D eigenvalue weighted by molar-refractivity contribution is 0.121. The van der Waals surface area contributed by atoms with E-state index < -0.39 is 9.73 Å². The summed E-state index contributed by atoms with van der Waals surface area (Å²) in [5.41, 5.74) is 3.87. The number of anilines is 1. The van der Waals surface area contributed by atoms with Crippen molar-refractivity contribution in [1.82, 2.24) is 25.2 Å². The molecule has 0 aliphatic carbocycles. The minimum absolute atomic E-state index is 0.212. The van der Waals surface area contributed by atoms with Crippen molar-refractivity contribution in [2.75, 3.05) is 30.8 Å². The van der Waals surface area contributed by atoms with E-state index in [-0.39, 0.29) is 28.5 Å². The van der Waals surface area contributed by atoms with Gasteiger partial charge in [-0.25, -0.2) is 28.7 Å². The van der Waals surface area contributed by atoms with Crippen LogP contribution in [0.5, 0.6) is 0 Å². The maximum atomic E-state index is 12.7. The van der Waals surface area contributed by atoms with Gasteiger partial charge in [0.2, 0.25) is 5.95 Å². The van der Waals surface area contributed by atoms with Crippen molar-refractivity contribution in [3.05, 3.63) is 41.7 Å². The van der Waals surface area contributed by atoms with Crippen molar-refractivity contribution >= 4 is 43.3 Å². The Morgan fingerprint density at radius 1 is 1.22 bits per heavy atom. The van der Waals surface area contributed by atoms with Crippen LogP contribution >= 0.6 is 11.3 Å².